The Morgan fingerprint density at radius 2 is 0.854 bits per heavy atom. The molecule has 0 aliphatic heterocycles. The maximum atomic E-state index is 13.1. The van der Waals surface area contributed by atoms with Gasteiger partial charge in [-0.2, -0.15) is 0 Å². The standard InChI is InChI=1S/C41H76N2O3S2/c1-5-7-9-11-13-21-29-37-47-40(45)32-23-17-15-19-26-35-43(39(44)31-25-28-34-42(3)4)36-27-20-16-18-24-33-41(46)48-38-30-22-14-12-10-8-6-2/h21-22,29-30H,5-20,23-28,31-38H2,1-4H3. The molecule has 0 aromatic rings. The van der Waals surface area contributed by atoms with Gasteiger partial charge in [0.05, 0.1) is 0 Å². The summed E-state index contributed by atoms with van der Waals surface area (Å²) in [4.78, 5) is 41.7. The molecule has 0 radical (unpaired) electrons. The fourth-order valence-electron chi connectivity index (χ4n) is 5.60. The van der Waals surface area contributed by atoms with Crippen molar-refractivity contribution < 1.29 is 14.4 Å². The van der Waals surface area contributed by atoms with Crippen molar-refractivity contribution >= 4 is 39.7 Å². The molecule has 0 N–H and O–H groups in total. The van der Waals surface area contributed by atoms with E-state index < -0.39 is 0 Å². The van der Waals surface area contributed by atoms with Crippen molar-refractivity contribution in [2.24, 2.45) is 0 Å². The van der Waals surface area contributed by atoms with Gasteiger partial charge in [0.15, 0.2) is 10.2 Å². The average Bonchev–Trinajstić information content (AvgIpc) is 3.07. The lowest BCUT2D eigenvalue weighted by molar-refractivity contribution is -0.131. The molecule has 7 heteroatoms. The van der Waals surface area contributed by atoms with Crippen molar-refractivity contribution in [2.45, 2.75) is 174 Å². The summed E-state index contributed by atoms with van der Waals surface area (Å²) in [7, 11) is 4.17. The number of unbranched alkanes of at least 4 members (excludes halogenated alkanes) is 17. The van der Waals surface area contributed by atoms with E-state index in [1.54, 1.807) is 0 Å². The lowest BCUT2D eigenvalue weighted by Gasteiger charge is -2.23. The van der Waals surface area contributed by atoms with E-state index in [0.29, 0.717) is 35.4 Å². The smallest absolute Gasteiger partial charge is 0.222 e. The Labute approximate surface area is 306 Å². The van der Waals surface area contributed by atoms with Crippen LogP contribution < -0.4 is 0 Å². The summed E-state index contributed by atoms with van der Waals surface area (Å²) in [6, 6.07) is 0. The normalized spacial score (nSPS) is 11.8. The Balaban J connectivity index is 4.12. The lowest BCUT2D eigenvalue weighted by Crippen LogP contribution is -2.33. The number of hydrogen-bond acceptors (Lipinski definition) is 6. The Morgan fingerprint density at radius 1 is 0.458 bits per heavy atom. The van der Waals surface area contributed by atoms with E-state index in [0.717, 1.165) is 121 Å². The molecule has 0 aromatic carbocycles. The lowest BCUT2D eigenvalue weighted by atomic mass is 10.1. The molecule has 0 saturated carbocycles. The van der Waals surface area contributed by atoms with Crippen LogP contribution >= 0.6 is 23.5 Å². The van der Waals surface area contributed by atoms with Crippen molar-refractivity contribution in [1.82, 2.24) is 9.80 Å². The molecular weight excluding hydrogens is 633 g/mol. The predicted octanol–water partition coefficient (Wildman–Crippen LogP) is 11.8. The van der Waals surface area contributed by atoms with Crippen LogP contribution in [0.4, 0.5) is 0 Å². The van der Waals surface area contributed by atoms with Crippen molar-refractivity contribution in [3.05, 3.63) is 24.3 Å². The van der Waals surface area contributed by atoms with E-state index in [1.807, 2.05) is 0 Å². The molecule has 0 aliphatic rings. The van der Waals surface area contributed by atoms with Crippen LogP contribution in [0.5, 0.6) is 0 Å². The number of nitrogens with zero attached hydrogens (tertiary/aromatic N) is 2. The Morgan fingerprint density at radius 3 is 1.31 bits per heavy atom. The third-order valence-corrected chi connectivity index (χ3v) is 10.5. The van der Waals surface area contributed by atoms with Crippen molar-refractivity contribution in [1.29, 1.82) is 0 Å². The molecule has 1 amide bonds. The summed E-state index contributed by atoms with van der Waals surface area (Å²) in [6.45, 7) is 7.20. The first-order chi connectivity index (χ1) is 23.4. The summed E-state index contributed by atoms with van der Waals surface area (Å²) in [5.41, 5.74) is 0. The molecule has 0 aromatic heterocycles. The Bertz CT molecular complexity index is 764. The third-order valence-electron chi connectivity index (χ3n) is 8.68. The topological polar surface area (TPSA) is 57.7 Å². The van der Waals surface area contributed by atoms with E-state index in [2.05, 4.69) is 62.0 Å². The first kappa shape index (κ1) is 47.0. The maximum absolute atomic E-state index is 13.1. The van der Waals surface area contributed by atoms with E-state index in [9.17, 15) is 14.4 Å². The fourth-order valence-corrected chi connectivity index (χ4v) is 7.02. The van der Waals surface area contributed by atoms with E-state index in [1.165, 1.54) is 74.9 Å². The van der Waals surface area contributed by atoms with Crippen LogP contribution in [0.2, 0.25) is 0 Å². The predicted molar refractivity (Wildman–Crippen MR) is 215 cm³/mol. The molecule has 0 fully saturated rings. The molecule has 0 rings (SSSR count). The minimum absolute atomic E-state index is 0.309. The van der Waals surface area contributed by atoms with Gasteiger partial charge >= 0.3 is 0 Å². The minimum Gasteiger partial charge on any atom is -0.343 e. The third kappa shape index (κ3) is 34.8. The largest absolute Gasteiger partial charge is 0.343 e. The summed E-state index contributed by atoms with van der Waals surface area (Å²) in [5.74, 6) is 1.92. The van der Waals surface area contributed by atoms with Gasteiger partial charge in [0.1, 0.15) is 0 Å². The fraction of sp³-hybridized carbons (Fsp3) is 0.829. The van der Waals surface area contributed by atoms with Gasteiger partial charge in [0, 0.05) is 43.9 Å². The summed E-state index contributed by atoms with van der Waals surface area (Å²) >= 11 is 2.92. The van der Waals surface area contributed by atoms with Crippen LogP contribution in [-0.4, -0.2) is 71.2 Å². The van der Waals surface area contributed by atoms with Gasteiger partial charge in [-0.05, 0) is 84.8 Å². The number of carbonyl (C=O) groups excluding carboxylic acids is 3. The second kappa shape index (κ2) is 37.2. The summed E-state index contributed by atoms with van der Waals surface area (Å²) in [5, 5.41) is 0.636. The summed E-state index contributed by atoms with van der Waals surface area (Å²) in [6.07, 6.45) is 36.1. The van der Waals surface area contributed by atoms with Crippen LogP contribution in [0.15, 0.2) is 24.3 Å². The molecule has 0 aliphatic carbocycles. The second-order valence-corrected chi connectivity index (χ2v) is 15.8. The highest BCUT2D eigenvalue weighted by Crippen LogP contribution is 2.15. The SMILES string of the molecule is CCCCCCC=CCSC(=O)CCCCCCCN(CCCCCCCC(=O)SCC=CCCCCCC)C(=O)CCCCN(C)C. The zero-order chi connectivity index (χ0) is 35.3. The monoisotopic (exact) mass is 709 g/mol. The molecule has 0 heterocycles. The maximum Gasteiger partial charge on any atom is 0.222 e. The van der Waals surface area contributed by atoms with Crippen LogP contribution in [0.1, 0.15) is 174 Å². The van der Waals surface area contributed by atoms with Crippen LogP contribution in [0, 0.1) is 0 Å². The van der Waals surface area contributed by atoms with E-state index in [4.69, 9.17) is 0 Å². The van der Waals surface area contributed by atoms with Gasteiger partial charge in [0.2, 0.25) is 5.91 Å². The van der Waals surface area contributed by atoms with Gasteiger partial charge in [-0.15, -0.1) is 0 Å². The van der Waals surface area contributed by atoms with E-state index in [-0.39, 0.29) is 0 Å². The Kier molecular flexibility index (Phi) is 36.4. The summed E-state index contributed by atoms with van der Waals surface area (Å²) < 4.78 is 0. The highest BCUT2D eigenvalue weighted by Gasteiger charge is 2.13. The number of amides is 1. The number of allylic oxidation sites excluding steroid dienone is 2. The number of carbonyl (C=O) groups is 3. The average molecular weight is 709 g/mol. The van der Waals surface area contributed by atoms with Crippen LogP contribution in [-0.2, 0) is 14.4 Å². The zero-order valence-electron chi connectivity index (χ0n) is 32.0. The van der Waals surface area contributed by atoms with Crippen molar-refractivity contribution in [2.75, 3.05) is 45.2 Å². The number of hydrogen-bond donors (Lipinski definition) is 0. The molecule has 48 heavy (non-hydrogen) atoms. The van der Waals surface area contributed by atoms with E-state index >= 15 is 0 Å². The minimum atomic E-state index is 0.309. The van der Waals surface area contributed by atoms with Gasteiger partial charge in [0.25, 0.3) is 0 Å². The van der Waals surface area contributed by atoms with Gasteiger partial charge in [-0.1, -0.05) is 139 Å². The molecule has 0 unspecified atom stereocenters. The first-order valence-corrected chi connectivity index (χ1v) is 21.9. The van der Waals surface area contributed by atoms with Crippen LogP contribution in [0.3, 0.4) is 0 Å². The molecule has 0 atom stereocenters. The highest BCUT2D eigenvalue weighted by molar-refractivity contribution is 8.14. The molecule has 280 valence electrons. The molecular formula is C41H76N2O3S2. The molecule has 0 spiro atoms. The number of thioether (sulfide) groups is 2. The van der Waals surface area contributed by atoms with Gasteiger partial charge < -0.3 is 9.80 Å². The van der Waals surface area contributed by atoms with Crippen LogP contribution in [0.25, 0.3) is 0 Å². The molecule has 0 saturated heterocycles. The Hall–Kier alpha value is -1.05. The van der Waals surface area contributed by atoms with Crippen molar-refractivity contribution in [3.8, 4) is 0 Å². The quantitative estimate of drug-likeness (QED) is 0.0482. The van der Waals surface area contributed by atoms with Crippen molar-refractivity contribution in [3.63, 3.8) is 0 Å². The molecule has 0 bridgehead atoms. The first-order valence-electron chi connectivity index (χ1n) is 19.9. The van der Waals surface area contributed by atoms with Gasteiger partial charge in [-0.3, -0.25) is 14.4 Å². The zero-order valence-corrected chi connectivity index (χ0v) is 33.6. The second-order valence-electron chi connectivity index (χ2n) is 13.7. The van der Waals surface area contributed by atoms with Gasteiger partial charge in [-0.25, -0.2) is 0 Å². The highest BCUT2D eigenvalue weighted by atomic mass is 32.2. The number of rotatable bonds is 35. The molecule has 5 nitrogen and oxygen atoms in total.